The van der Waals surface area contributed by atoms with Crippen LogP contribution < -0.4 is 4.74 Å². The van der Waals surface area contributed by atoms with Crippen molar-refractivity contribution in [1.82, 2.24) is 19.8 Å². The van der Waals surface area contributed by atoms with E-state index in [4.69, 9.17) is 9.15 Å². The Balaban J connectivity index is 1.21. The molecular formula is C22H24N4O3. The largest absolute Gasteiger partial charge is 0.484 e. The number of carbonyl (C=O) groups excluding carboxylic acids is 1. The minimum atomic E-state index is -0.0537. The van der Waals surface area contributed by atoms with Gasteiger partial charge in [-0.2, -0.15) is 0 Å². The summed E-state index contributed by atoms with van der Waals surface area (Å²) < 4.78 is 11.3. The molecule has 0 bridgehead atoms. The smallest absolute Gasteiger partial charge is 0.275 e. The minimum Gasteiger partial charge on any atom is -0.484 e. The van der Waals surface area contributed by atoms with Gasteiger partial charge in [0, 0.05) is 37.3 Å². The standard InChI is InChI=1S/C22H24N4O3/c27-22(26-11-10-25-9-2-1-5-17(25)13-26)20-14-29-21(24-20)15-28-18-6-7-19-16(12-18)4-3-8-23-19/h3-4,6-8,12,14,17H,1-2,5,9-11,13,15H2/t17-/m0/s1. The molecule has 2 saturated heterocycles. The topological polar surface area (TPSA) is 71.7 Å². The third-order valence-electron chi connectivity index (χ3n) is 5.83. The Kier molecular flexibility index (Phi) is 4.89. The zero-order valence-electron chi connectivity index (χ0n) is 16.3. The lowest BCUT2D eigenvalue weighted by Gasteiger charge is -2.43. The molecule has 0 aliphatic carbocycles. The van der Waals surface area contributed by atoms with E-state index >= 15 is 0 Å². The van der Waals surface area contributed by atoms with Crippen LogP contribution in [0, 0.1) is 0 Å². The predicted molar refractivity (Wildman–Crippen MR) is 108 cm³/mol. The van der Waals surface area contributed by atoms with Gasteiger partial charge in [0.25, 0.3) is 5.91 Å². The molecule has 3 aromatic rings. The van der Waals surface area contributed by atoms with Gasteiger partial charge >= 0.3 is 0 Å². The average molecular weight is 392 g/mol. The van der Waals surface area contributed by atoms with Crippen LogP contribution in [-0.4, -0.2) is 57.9 Å². The maximum absolute atomic E-state index is 12.8. The summed E-state index contributed by atoms with van der Waals surface area (Å²) in [6, 6.07) is 10.1. The Bertz CT molecular complexity index is 1020. The van der Waals surface area contributed by atoms with Crippen LogP contribution in [0.1, 0.15) is 35.6 Å². The molecule has 1 aromatic carbocycles. The molecule has 0 saturated carbocycles. The van der Waals surface area contributed by atoms with Crippen molar-refractivity contribution in [3.63, 3.8) is 0 Å². The zero-order valence-corrected chi connectivity index (χ0v) is 16.3. The van der Waals surface area contributed by atoms with Crippen molar-refractivity contribution in [1.29, 1.82) is 0 Å². The lowest BCUT2D eigenvalue weighted by molar-refractivity contribution is 0.0368. The van der Waals surface area contributed by atoms with Crippen molar-refractivity contribution in [2.75, 3.05) is 26.2 Å². The lowest BCUT2D eigenvalue weighted by Crippen LogP contribution is -2.56. The van der Waals surface area contributed by atoms with E-state index in [1.807, 2.05) is 35.2 Å². The molecule has 5 rings (SSSR count). The molecule has 4 heterocycles. The van der Waals surface area contributed by atoms with Crippen molar-refractivity contribution in [2.45, 2.75) is 31.9 Å². The number of aromatic nitrogens is 2. The Labute approximate surface area is 169 Å². The number of ether oxygens (including phenoxy) is 1. The first-order valence-corrected chi connectivity index (χ1v) is 10.2. The fourth-order valence-electron chi connectivity index (χ4n) is 4.27. The number of oxazole rings is 1. The molecule has 7 nitrogen and oxygen atoms in total. The molecule has 7 heteroatoms. The molecule has 0 spiro atoms. The lowest BCUT2D eigenvalue weighted by atomic mass is 9.99. The number of pyridine rings is 1. The summed E-state index contributed by atoms with van der Waals surface area (Å²) in [5.41, 5.74) is 1.28. The number of benzene rings is 1. The molecule has 29 heavy (non-hydrogen) atoms. The number of carbonyl (C=O) groups is 1. The normalized spacial score (nSPS) is 19.9. The highest BCUT2D eigenvalue weighted by molar-refractivity contribution is 5.92. The first-order chi connectivity index (χ1) is 14.3. The van der Waals surface area contributed by atoms with Gasteiger partial charge in [-0.05, 0) is 43.7 Å². The summed E-state index contributed by atoms with van der Waals surface area (Å²) >= 11 is 0. The van der Waals surface area contributed by atoms with E-state index < -0.39 is 0 Å². The van der Waals surface area contributed by atoms with Crippen LogP contribution in [0.5, 0.6) is 5.75 Å². The number of fused-ring (bicyclic) bond motifs is 2. The molecular weight excluding hydrogens is 368 g/mol. The second-order valence-electron chi connectivity index (χ2n) is 7.71. The van der Waals surface area contributed by atoms with E-state index in [0.29, 0.717) is 23.4 Å². The summed E-state index contributed by atoms with van der Waals surface area (Å²) in [5, 5.41) is 1.01. The Hall–Kier alpha value is -2.93. The summed E-state index contributed by atoms with van der Waals surface area (Å²) in [5.74, 6) is 1.06. The van der Waals surface area contributed by atoms with Crippen LogP contribution in [0.2, 0.25) is 0 Å². The molecule has 2 aromatic heterocycles. The summed E-state index contributed by atoms with van der Waals surface area (Å²) in [4.78, 5) is 25.9. The van der Waals surface area contributed by atoms with Crippen molar-refractivity contribution >= 4 is 16.8 Å². The quantitative estimate of drug-likeness (QED) is 0.679. The first kappa shape index (κ1) is 18.1. The first-order valence-electron chi connectivity index (χ1n) is 10.2. The van der Waals surface area contributed by atoms with Gasteiger partial charge in [0.05, 0.1) is 5.52 Å². The maximum atomic E-state index is 12.8. The highest BCUT2D eigenvalue weighted by atomic mass is 16.5. The Morgan fingerprint density at radius 1 is 1.21 bits per heavy atom. The summed E-state index contributed by atoms with van der Waals surface area (Å²) in [7, 11) is 0. The van der Waals surface area contributed by atoms with E-state index in [1.54, 1.807) is 6.20 Å². The zero-order chi connectivity index (χ0) is 19.6. The van der Waals surface area contributed by atoms with Crippen molar-refractivity contribution < 1.29 is 13.9 Å². The van der Waals surface area contributed by atoms with Gasteiger partial charge in [0.1, 0.15) is 12.0 Å². The van der Waals surface area contributed by atoms with Gasteiger partial charge in [-0.15, -0.1) is 0 Å². The molecule has 0 radical (unpaired) electrons. The van der Waals surface area contributed by atoms with Crippen molar-refractivity contribution in [3.05, 3.63) is 54.4 Å². The Morgan fingerprint density at radius 3 is 3.14 bits per heavy atom. The van der Waals surface area contributed by atoms with E-state index in [2.05, 4.69) is 14.9 Å². The van der Waals surface area contributed by atoms with E-state index in [0.717, 1.165) is 37.1 Å². The Morgan fingerprint density at radius 2 is 2.17 bits per heavy atom. The summed E-state index contributed by atoms with van der Waals surface area (Å²) in [6.07, 6.45) is 6.90. The van der Waals surface area contributed by atoms with Crippen LogP contribution in [0.4, 0.5) is 0 Å². The third-order valence-corrected chi connectivity index (χ3v) is 5.83. The predicted octanol–water partition coefficient (Wildman–Crippen LogP) is 3.11. The molecule has 2 aliphatic rings. The van der Waals surface area contributed by atoms with Gasteiger partial charge in [0.2, 0.25) is 5.89 Å². The minimum absolute atomic E-state index is 0.0537. The third kappa shape index (κ3) is 3.82. The SMILES string of the molecule is O=C(c1coc(COc2ccc3ncccc3c2)n1)N1CCN2CCCC[C@H]2C1. The number of hydrogen-bond acceptors (Lipinski definition) is 6. The molecule has 2 fully saturated rings. The molecule has 0 unspecified atom stereocenters. The van der Waals surface area contributed by atoms with Crippen molar-refractivity contribution in [2.24, 2.45) is 0 Å². The second-order valence-corrected chi connectivity index (χ2v) is 7.71. The van der Waals surface area contributed by atoms with Crippen LogP contribution in [-0.2, 0) is 6.61 Å². The highest BCUT2D eigenvalue weighted by Crippen LogP contribution is 2.23. The number of piperazine rings is 1. The highest BCUT2D eigenvalue weighted by Gasteiger charge is 2.32. The fourth-order valence-corrected chi connectivity index (χ4v) is 4.27. The van der Waals surface area contributed by atoms with E-state index in [-0.39, 0.29) is 12.5 Å². The monoisotopic (exact) mass is 392 g/mol. The van der Waals surface area contributed by atoms with Crippen LogP contribution >= 0.6 is 0 Å². The number of piperidine rings is 1. The molecule has 2 aliphatic heterocycles. The van der Waals surface area contributed by atoms with Gasteiger partial charge in [-0.1, -0.05) is 12.5 Å². The molecule has 1 atom stereocenters. The van der Waals surface area contributed by atoms with Gasteiger partial charge in [-0.3, -0.25) is 14.7 Å². The van der Waals surface area contributed by atoms with E-state index in [9.17, 15) is 4.79 Å². The van der Waals surface area contributed by atoms with Gasteiger partial charge in [-0.25, -0.2) is 4.98 Å². The molecule has 0 N–H and O–H groups in total. The molecule has 1 amide bonds. The fraction of sp³-hybridized carbons (Fsp3) is 0.409. The van der Waals surface area contributed by atoms with Crippen LogP contribution in [0.3, 0.4) is 0 Å². The second kappa shape index (κ2) is 7.83. The average Bonchev–Trinajstić information content (AvgIpc) is 3.26. The van der Waals surface area contributed by atoms with Gasteiger partial charge < -0.3 is 14.1 Å². The molecule has 150 valence electrons. The van der Waals surface area contributed by atoms with Crippen LogP contribution in [0.15, 0.2) is 47.2 Å². The summed E-state index contributed by atoms with van der Waals surface area (Å²) in [6.45, 7) is 3.81. The number of amides is 1. The van der Waals surface area contributed by atoms with Crippen molar-refractivity contribution in [3.8, 4) is 5.75 Å². The van der Waals surface area contributed by atoms with E-state index in [1.165, 1.54) is 25.5 Å². The van der Waals surface area contributed by atoms with Gasteiger partial charge in [0.15, 0.2) is 12.3 Å². The maximum Gasteiger partial charge on any atom is 0.275 e. The number of rotatable bonds is 4. The van der Waals surface area contributed by atoms with Crippen LogP contribution in [0.25, 0.3) is 10.9 Å². The number of nitrogens with zero attached hydrogens (tertiary/aromatic N) is 4. The number of hydrogen-bond donors (Lipinski definition) is 0.